The number of aromatic nitrogens is 1. The van der Waals surface area contributed by atoms with Gasteiger partial charge < -0.3 is 15.3 Å². The van der Waals surface area contributed by atoms with Gasteiger partial charge in [0.15, 0.2) is 0 Å². The van der Waals surface area contributed by atoms with Crippen molar-refractivity contribution in [1.82, 2.24) is 9.88 Å². The van der Waals surface area contributed by atoms with Crippen LogP contribution in [-0.4, -0.2) is 46.3 Å². The van der Waals surface area contributed by atoms with E-state index >= 15 is 0 Å². The van der Waals surface area contributed by atoms with Gasteiger partial charge in [-0.15, -0.1) is 0 Å². The van der Waals surface area contributed by atoms with Crippen molar-refractivity contribution >= 4 is 17.7 Å². The van der Waals surface area contributed by atoms with Crippen LogP contribution in [0.3, 0.4) is 0 Å². The quantitative estimate of drug-likeness (QED) is 0.875. The Balaban J connectivity index is 2.12. The first-order chi connectivity index (χ1) is 10.2. The second-order valence-electron chi connectivity index (χ2n) is 5.12. The lowest BCUT2D eigenvalue weighted by atomic mass is 9.96. The summed E-state index contributed by atoms with van der Waals surface area (Å²) in [5.41, 5.74) is 1.07. The lowest BCUT2D eigenvalue weighted by Crippen LogP contribution is -2.35. The highest BCUT2D eigenvalue weighted by atomic mass is 19.4. The Morgan fingerprint density at radius 2 is 2.09 bits per heavy atom. The number of halogens is 3. The van der Waals surface area contributed by atoms with E-state index in [0.717, 1.165) is 4.90 Å². The molecule has 1 saturated heterocycles. The summed E-state index contributed by atoms with van der Waals surface area (Å²) in [6.07, 6.45) is -1.73. The molecule has 22 heavy (non-hydrogen) atoms. The summed E-state index contributed by atoms with van der Waals surface area (Å²) >= 11 is 0. The van der Waals surface area contributed by atoms with Gasteiger partial charge in [0, 0.05) is 31.2 Å². The molecule has 0 aromatic carbocycles. The SMILES string of the molecule is Cc1cnccc1NC(=O)N1C[C@@H](C(F)(F)F)[C@H](C(=O)O)C1. The monoisotopic (exact) mass is 317 g/mol. The lowest BCUT2D eigenvalue weighted by molar-refractivity contribution is -0.187. The van der Waals surface area contributed by atoms with Gasteiger partial charge in [0.25, 0.3) is 0 Å². The second-order valence-corrected chi connectivity index (χ2v) is 5.12. The zero-order valence-corrected chi connectivity index (χ0v) is 11.6. The first-order valence-corrected chi connectivity index (χ1v) is 6.46. The highest BCUT2D eigenvalue weighted by molar-refractivity contribution is 5.90. The third-order valence-electron chi connectivity index (χ3n) is 3.61. The van der Waals surface area contributed by atoms with Gasteiger partial charge in [-0.2, -0.15) is 13.2 Å². The van der Waals surface area contributed by atoms with E-state index in [2.05, 4.69) is 10.3 Å². The number of nitrogens with one attached hydrogen (secondary N) is 1. The maximum absolute atomic E-state index is 12.9. The number of carboxylic acid groups (broad SMARTS) is 1. The van der Waals surface area contributed by atoms with Crippen molar-refractivity contribution in [3.63, 3.8) is 0 Å². The predicted octanol–water partition coefficient (Wildman–Crippen LogP) is 2.12. The average Bonchev–Trinajstić information content (AvgIpc) is 2.86. The topological polar surface area (TPSA) is 82.5 Å². The summed E-state index contributed by atoms with van der Waals surface area (Å²) in [6.45, 7) is 0.539. The Hall–Kier alpha value is -2.32. The van der Waals surface area contributed by atoms with Crippen LogP contribution in [0.25, 0.3) is 0 Å². The number of carboxylic acids is 1. The molecule has 1 aromatic rings. The van der Waals surface area contributed by atoms with Crippen molar-refractivity contribution in [3.05, 3.63) is 24.0 Å². The molecule has 2 amide bonds. The van der Waals surface area contributed by atoms with Crippen LogP contribution in [0, 0.1) is 18.8 Å². The average molecular weight is 317 g/mol. The molecule has 2 heterocycles. The fourth-order valence-electron chi connectivity index (χ4n) is 2.36. The third kappa shape index (κ3) is 3.29. The van der Waals surface area contributed by atoms with Crippen LogP contribution >= 0.6 is 0 Å². The van der Waals surface area contributed by atoms with Crippen molar-refractivity contribution in [2.45, 2.75) is 13.1 Å². The van der Waals surface area contributed by atoms with Crippen molar-refractivity contribution in [1.29, 1.82) is 0 Å². The normalized spacial score (nSPS) is 21.7. The molecule has 9 heteroatoms. The van der Waals surface area contributed by atoms with Gasteiger partial charge in [0.2, 0.25) is 0 Å². The standard InChI is InChI=1S/C13H14F3N3O3/c1-7-4-17-3-2-10(7)18-12(22)19-5-8(11(20)21)9(6-19)13(14,15)16/h2-4,8-9H,5-6H2,1H3,(H,20,21)(H,17,18,22)/t8-,9-/m1/s1. The van der Waals surface area contributed by atoms with Crippen molar-refractivity contribution in [3.8, 4) is 0 Å². The highest BCUT2D eigenvalue weighted by Gasteiger charge is 2.53. The van der Waals surface area contributed by atoms with Crippen LogP contribution in [0.1, 0.15) is 5.56 Å². The zero-order chi connectivity index (χ0) is 16.5. The fourth-order valence-corrected chi connectivity index (χ4v) is 2.36. The number of pyridine rings is 1. The van der Waals surface area contributed by atoms with Gasteiger partial charge in [0.1, 0.15) is 0 Å². The summed E-state index contributed by atoms with van der Waals surface area (Å²) in [4.78, 5) is 27.7. The number of likely N-dealkylation sites (tertiary alicyclic amines) is 1. The number of hydrogen-bond acceptors (Lipinski definition) is 3. The minimum Gasteiger partial charge on any atom is -0.481 e. The Morgan fingerprint density at radius 3 is 2.59 bits per heavy atom. The smallest absolute Gasteiger partial charge is 0.394 e. The molecular weight excluding hydrogens is 303 g/mol. The van der Waals surface area contributed by atoms with Crippen LogP contribution in [-0.2, 0) is 4.79 Å². The molecule has 2 rings (SSSR count). The Morgan fingerprint density at radius 1 is 1.41 bits per heavy atom. The lowest BCUT2D eigenvalue weighted by Gasteiger charge is -2.19. The van der Waals surface area contributed by atoms with E-state index in [1.54, 1.807) is 6.92 Å². The van der Waals surface area contributed by atoms with Crippen molar-refractivity contribution in [2.75, 3.05) is 18.4 Å². The molecule has 2 N–H and O–H groups in total. The summed E-state index contributed by atoms with van der Waals surface area (Å²) in [5, 5.41) is 11.4. The summed E-state index contributed by atoms with van der Waals surface area (Å²) in [7, 11) is 0. The van der Waals surface area contributed by atoms with Gasteiger partial charge in [-0.25, -0.2) is 4.79 Å². The number of rotatable bonds is 2. The van der Waals surface area contributed by atoms with Gasteiger partial charge in [0.05, 0.1) is 11.8 Å². The number of urea groups is 1. The minimum absolute atomic E-state index is 0.419. The van der Waals surface area contributed by atoms with E-state index in [0.29, 0.717) is 11.3 Å². The number of carbonyl (C=O) groups excluding carboxylic acids is 1. The molecule has 0 spiro atoms. The summed E-state index contributed by atoms with van der Waals surface area (Å²) in [6, 6.07) is 0.756. The molecule has 0 unspecified atom stereocenters. The molecule has 6 nitrogen and oxygen atoms in total. The number of nitrogens with zero attached hydrogens (tertiary/aromatic N) is 2. The van der Waals surface area contributed by atoms with E-state index in [-0.39, 0.29) is 0 Å². The third-order valence-corrected chi connectivity index (χ3v) is 3.61. The Bertz CT molecular complexity index is 591. The number of hydrogen-bond donors (Lipinski definition) is 2. The first kappa shape index (κ1) is 16.1. The molecule has 1 aromatic heterocycles. The van der Waals surface area contributed by atoms with E-state index < -0.39 is 43.1 Å². The van der Waals surface area contributed by atoms with Crippen LogP contribution < -0.4 is 5.32 Å². The number of amides is 2. The molecule has 1 aliphatic heterocycles. The highest BCUT2D eigenvalue weighted by Crippen LogP contribution is 2.37. The largest absolute Gasteiger partial charge is 0.481 e. The van der Waals surface area contributed by atoms with Crippen LogP contribution in [0.5, 0.6) is 0 Å². The summed E-state index contributed by atoms with van der Waals surface area (Å²) < 4.78 is 38.6. The number of aryl methyl sites for hydroxylation is 1. The van der Waals surface area contributed by atoms with Crippen LogP contribution in [0.2, 0.25) is 0 Å². The molecule has 1 aliphatic rings. The Labute approximate surface area is 123 Å². The van der Waals surface area contributed by atoms with Gasteiger partial charge in [-0.1, -0.05) is 0 Å². The van der Waals surface area contributed by atoms with E-state index in [9.17, 15) is 22.8 Å². The second kappa shape index (κ2) is 5.82. The minimum atomic E-state index is -4.66. The number of anilines is 1. The van der Waals surface area contributed by atoms with E-state index in [1.165, 1.54) is 18.5 Å². The number of carbonyl (C=O) groups is 2. The van der Waals surface area contributed by atoms with Gasteiger partial charge >= 0.3 is 18.2 Å². The van der Waals surface area contributed by atoms with Crippen LogP contribution in [0.15, 0.2) is 18.5 Å². The predicted molar refractivity (Wildman–Crippen MR) is 70.2 cm³/mol. The molecule has 0 radical (unpaired) electrons. The first-order valence-electron chi connectivity index (χ1n) is 6.46. The Kier molecular flexibility index (Phi) is 4.25. The van der Waals surface area contributed by atoms with E-state index in [1.807, 2.05) is 0 Å². The van der Waals surface area contributed by atoms with Crippen molar-refractivity contribution < 1.29 is 27.9 Å². The molecule has 2 atom stereocenters. The maximum atomic E-state index is 12.9. The molecule has 0 aliphatic carbocycles. The fraction of sp³-hybridized carbons (Fsp3) is 0.462. The number of alkyl halides is 3. The molecule has 120 valence electrons. The number of aliphatic carboxylic acids is 1. The maximum Gasteiger partial charge on any atom is 0.394 e. The van der Waals surface area contributed by atoms with Crippen LogP contribution in [0.4, 0.5) is 23.7 Å². The molecule has 0 saturated carbocycles. The molecule has 1 fully saturated rings. The molecular formula is C13H14F3N3O3. The van der Waals surface area contributed by atoms with E-state index in [4.69, 9.17) is 5.11 Å². The molecule has 0 bridgehead atoms. The van der Waals surface area contributed by atoms with Gasteiger partial charge in [-0.05, 0) is 18.6 Å². The van der Waals surface area contributed by atoms with Crippen molar-refractivity contribution in [2.24, 2.45) is 11.8 Å². The van der Waals surface area contributed by atoms with Gasteiger partial charge in [-0.3, -0.25) is 9.78 Å². The summed E-state index contributed by atoms with van der Waals surface area (Å²) in [5.74, 6) is -5.27. The zero-order valence-electron chi connectivity index (χ0n) is 11.6.